The van der Waals surface area contributed by atoms with Crippen molar-refractivity contribution in [2.75, 3.05) is 5.32 Å². The molecule has 3 rings (SSSR count). The van der Waals surface area contributed by atoms with Crippen molar-refractivity contribution in [2.24, 2.45) is 0 Å². The number of thiophene rings is 1. The quantitative estimate of drug-likeness (QED) is 0.324. The van der Waals surface area contributed by atoms with Gasteiger partial charge in [0.25, 0.3) is 5.91 Å². The molecular weight excluding hydrogens is 447 g/mol. The highest BCUT2D eigenvalue weighted by molar-refractivity contribution is 14.1. The van der Waals surface area contributed by atoms with Gasteiger partial charge < -0.3 is 10.6 Å². The fourth-order valence-electron chi connectivity index (χ4n) is 2.26. The third-order valence-corrected chi connectivity index (χ3v) is 5.08. The van der Waals surface area contributed by atoms with Gasteiger partial charge in [-0.3, -0.25) is 9.59 Å². The zero-order valence-corrected chi connectivity index (χ0v) is 16.1. The summed E-state index contributed by atoms with van der Waals surface area (Å²) < 4.78 is 1.09. The number of halogens is 1. The molecule has 126 valence electrons. The SMILES string of the molecule is O=C(N[C@@H](Nc1ccc(I)cc1)C(=O)c1ccccc1)c1cccs1. The lowest BCUT2D eigenvalue weighted by molar-refractivity contribution is 0.0872. The van der Waals surface area contributed by atoms with Gasteiger partial charge in [-0.1, -0.05) is 36.4 Å². The summed E-state index contributed by atoms with van der Waals surface area (Å²) in [4.78, 5) is 25.8. The van der Waals surface area contributed by atoms with Crippen molar-refractivity contribution in [3.63, 3.8) is 0 Å². The molecule has 0 saturated heterocycles. The Bertz CT molecular complexity index is 849. The maximum Gasteiger partial charge on any atom is 0.263 e. The molecule has 0 aliphatic rings. The Hall–Kier alpha value is -2.19. The molecule has 2 N–H and O–H groups in total. The molecule has 0 aliphatic carbocycles. The Balaban J connectivity index is 1.83. The molecule has 1 heterocycles. The number of Topliss-reactive ketones (excluding diaryl/α,β-unsaturated/α-hetero) is 1. The third kappa shape index (κ3) is 4.67. The second-order valence-corrected chi connectivity index (χ2v) is 7.46. The average Bonchev–Trinajstić information content (AvgIpc) is 3.18. The topological polar surface area (TPSA) is 58.2 Å². The summed E-state index contributed by atoms with van der Waals surface area (Å²) in [6.45, 7) is 0. The number of hydrogen-bond donors (Lipinski definition) is 2. The summed E-state index contributed by atoms with van der Waals surface area (Å²) in [6, 6.07) is 20.1. The predicted octanol–water partition coefficient (Wildman–Crippen LogP) is 4.40. The summed E-state index contributed by atoms with van der Waals surface area (Å²) in [5.41, 5.74) is 1.30. The first-order valence-electron chi connectivity index (χ1n) is 7.59. The smallest absolute Gasteiger partial charge is 0.263 e. The van der Waals surface area contributed by atoms with E-state index in [1.165, 1.54) is 11.3 Å². The van der Waals surface area contributed by atoms with Crippen LogP contribution in [-0.2, 0) is 0 Å². The zero-order chi connectivity index (χ0) is 17.6. The molecule has 1 aromatic heterocycles. The number of benzene rings is 2. The van der Waals surface area contributed by atoms with Gasteiger partial charge in [0.05, 0.1) is 4.88 Å². The summed E-state index contributed by atoms with van der Waals surface area (Å²) in [7, 11) is 0. The minimum absolute atomic E-state index is 0.191. The Morgan fingerprint density at radius 3 is 2.28 bits per heavy atom. The van der Waals surface area contributed by atoms with Crippen molar-refractivity contribution in [1.29, 1.82) is 0 Å². The number of amides is 1. The van der Waals surface area contributed by atoms with E-state index in [-0.39, 0.29) is 11.7 Å². The van der Waals surface area contributed by atoms with Gasteiger partial charge in [-0.05, 0) is 58.3 Å². The van der Waals surface area contributed by atoms with Crippen molar-refractivity contribution in [1.82, 2.24) is 5.32 Å². The number of rotatable bonds is 6. The van der Waals surface area contributed by atoms with Crippen LogP contribution < -0.4 is 10.6 Å². The van der Waals surface area contributed by atoms with Crippen LogP contribution in [0.5, 0.6) is 0 Å². The molecule has 6 heteroatoms. The van der Waals surface area contributed by atoms with Gasteiger partial charge in [0.15, 0.2) is 6.17 Å². The largest absolute Gasteiger partial charge is 0.359 e. The monoisotopic (exact) mass is 462 g/mol. The molecular formula is C19H15IN2O2S. The van der Waals surface area contributed by atoms with E-state index >= 15 is 0 Å². The van der Waals surface area contributed by atoms with Gasteiger partial charge in [-0.2, -0.15) is 0 Å². The lowest BCUT2D eigenvalue weighted by Crippen LogP contribution is -2.46. The van der Waals surface area contributed by atoms with Crippen LogP contribution >= 0.6 is 33.9 Å². The van der Waals surface area contributed by atoms with Gasteiger partial charge in [0, 0.05) is 14.8 Å². The van der Waals surface area contributed by atoms with Crippen LogP contribution in [0.1, 0.15) is 20.0 Å². The number of carbonyl (C=O) groups excluding carboxylic acids is 2. The summed E-state index contributed by atoms with van der Waals surface area (Å²) >= 11 is 3.55. The standard InChI is InChI=1S/C19H15IN2O2S/c20-14-8-10-15(11-9-14)21-18(17(23)13-5-2-1-3-6-13)22-19(24)16-7-4-12-25-16/h1-12,18,21H,(H,22,24)/t18-/m1/s1. The second kappa shape index (κ2) is 8.26. The molecule has 0 saturated carbocycles. The third-order valence-electron chi connectivity index (χ3n) is 3.50. The first-order chi connectivity index (χ1) is 12.1. The summed E-state index contributed by atoms with van der Waals surface area (Å²) in [6.07, 6.45) is -0.850. The molecule has 0 bridgehead atoms. The lowest BCUT2D eigenvalue weighted by atomic mass is 10.1. The summed E-state index contributed by atoms with van der Waals surface area (Å²) in [5, 5.41) is 7.74. The van der Waals surface area contributed by atoms with Gasteiger partial charge in [-0.25, -0.2) is 0 Å². The molecule has 1 amide bonds. The highest BCUT2D eigenvalue weighted by Gasteiger charge is 2.23. The molecule has 0 unspecified atom stereocenters. The van der Waals surface area contributed by atoms with E-state index in [0.717, 1.165) is 9.26 Å². The first kappa shape index (κ1) is 17.6. The Labute approximate surface area is 163 Å². The van der Waals surface area contributed by atoms with E-state index in [9.17, 15) is 9.59 Å². The Morgan fingerprint density at radius 2 is 1.64 bits per heavy atom. The predicted molar refractivity (Wildman–Crippen MR) is 109 cm³/mol. The molecule has 0 spiro atoms. The van der Waals surface area contributed by atoms with Crippen LogP contribution in [0, 0.1) is 3.57 Å². The van der Waals surface area contributed by atoms with Gasteiger partial charge in [-0.15, -0.1) is 11.3 Å². The van der Waals surface area contributed by atoms with E-state index in [1.807, 2.05) is 35.7 Å². The normalized spacial score (nSPS) is 11.6. The molecule has 2 aromatic carbocycles. The van der Waals surface area contributed by atoms with E-state index in [0.29, 0.717) is 10.4 Å². The highest BCUT2D eigenvalue weighted by atomic mass is 127. The van der Waals surface area contributed by atoms with E-state index < -0.39 is 6.17 Å². The number of carbonyl (C=O) groups is 2. The van der Waals surface area contributed by atoms with E-state index in [1.54, 1.807) is 36.4 Å². The number of ketones is 1. The highest BCUT2D eigenvalue weighted by Crippen LogP contribution is 2.15. The first-order valence-corrected chi connectivity index (χ1v) is 9.55. The second-order valence-electron chi connectivity index (χ2n) is 5.27. The Kier molecular flexibility index (Phi) is 5.83. The fourth-order valence-corrected chi connectivity index (χ4v) is 3.25. The maximum atomic E-state index is 12.8. The van der Waals surface area contributed by atoms with Crippen LogP contribution in [0.2, 0.25) is 0 Å². The minimum Gasteiger partial charge on any atom is -0.359 e. The van der Waals surface area contributed by atoms with Crippen molar-refractivity contribution in [3.8, 4) is 0 Å². The molecule has 0 fully saturated rings. The lowest BCUT2D eigenvalue weighted by Gasteiger charge is -2.20. The van der Waals surface area contributed by atoms with E-state index in [4.69, 9.17) is 0 Å². The van der Waals surface area contributed by atoms with Gasteiger partial charge >= 0.3 is 0 Å². The molecule has 3 aromatic rings. The van der Waals surface area contributed by atoms with Crippen molar-refractivity contribution in [3.05, 3.63) is 86.1 Å². The van der Waals surface area contributed by atoms with Gasteiger partial charge in [0.2, 0.25) is 5.78 Å². The number of nitrogens with one attached hydrogen (secondary N) is 2. The average molecular weight is 462 g/mol. The number of anilines is 1. The zero-order valence-electron chi connectivity index (χ0n) is 13.1. The van der Waals surface area contributed by atoms with Crippen LogP contribution in [-0.4, -0.2) is 17.9 Å². The van der Waals surface area contributed by atoms with Crippen LogP contribution in [0.25, 0.3) is 0 Å². The summed E-state index contributed by atoms with van der Waals surface area (Å²) in [5.74, 6) is -0.466. The fraction of sp³-hybridized carbons (Fsp3) is 0.0526. The minimum atomic E-state index is -0.850. The molecule has 0 aliphatic heterocycles. The Morgan fingerprint density at radius 1 is 0.920 bits per heavy atom. The maximum absolute atomic E-state index is 12.8. The van der Waals surface area contributed by atoms with Crippen LogP contribution in [0.15, 0.2) is 72.1 Å². The van der Waals surface area contributed by atoms with Crippen LogP contribution in [0.4, 0.5) is 5.69 Å². The van der Waals surface area contributed by atoms with Crippen molar-refractivity contribution in [2.45, 2.75) is 6.17 Å². The van der Waals surface area contributed by atoms with Crippen molar-refractivity contribution < 1.29 is 9.59 Å². The molecule has 1 atom stereocenters. The molecule has 25 heavy (non-hydrogen) atoms. The molecule has 0 radical (unpaired) electrons. The van der Waals surface area contributed by atoms with Gasteiger partial charge in [0.1, 0.15) is 0 Å². The van der Waals surface area contributed by atoms with E-state index in [2.05, 4.69) is 33.2 Å². The number of hydrogen-bond acceptors (Lipinski definition) is 4. The van der Waals surface area contributed by atoms with Crippen LogP contribution in [0.3, 0.4) is 0 Å². The van der Waals surface area contributed by atoms with Crippen molar-refractivity contribution >= 4 is 51.3 Å². The molecule has 4 nitrogen and oxygen atoms in total.